The first-order valence-corrected chi connectivity index (χ1v) is 12.2. The molecule has 1 fully saturated rings. The van der Waals surface area contributed by atoms with Crippen LogP contribution in [0.1, 0.15) is 23.9 Å². The van der Waals surface area contributed by atoms with Gasteiger partial charge in [0.1, 0.15) is 5.69 Å². The molecule has 0 N–H and O–H groups in total. The number of nitrogens with zero attached hydrogens (tertiary/aromatic N) is 7. The van der Waals surface area contributed by atoms with E-state index in [2.05, 4.69) is 14.9 Å². The summed E-state index contributed by atoms with van der Waals surface area (Å²) in [7, 11) is 1.90. The predicted molar refractivity (Wildman–Crippen MR) is 133 cm³/mol. The third-order valence-electron chi connectivity index (χ3n) is 6.49. The molecule has 0 bridgehead atoms. The average molecular weight is 500 g/mol. The first-order chi connectivity index (χ1) is 16.4. The van der Waals surface area contributed by atoms with Gasteiger partial charge in [-0.25, -0.2) is 9.97 Å². The van der Waals surface area contributed by atoms with Gasteiger partial charge >= 0.3 is 0 Å². The Labute approximate surface area is 209 Å². The zero-order valence-electron chi connectivity index (χ0n) is 19.3. The molecule has 0 saturated carbocycles. The molecule has 2 aliphatic heterocycles. The van der Waals surface area contributed by atoms with Crippen LogP contribution in [-0.4, -0.2) is 68.2 Å². The maximum Gasteiger partial charge on any atom is 0.219 e. The van der Waals surface area contributed by atoms with E-state index in [9.17, 15) is 4.79 Å². The number of fused-ring (bicyclic) bond motifs is 1. The van der Waals surface area contributed by atoms with Crippen LogP contribution in [0.25, 0.3) is 11.3 Å². The number of anilines is 1. The number of aryl methyl sites for hydroxylation is 1. The van der Waals surface area contributed by atoms with Crippen molar-refractivity contribution >= 4 is 34.9 Å². The molecule has 2 aromatic heterocycles. The fourth-order valence-corrected chi connectivity index (χ4v) is 4.94. The van der Waals surface area contributed by atoms with Crippen LogP contribution in [0.4, 0.5) is 5.82 Å². The van der Waals surface area contributed by atoms with Crippen molar-refractivity contribution < 1.29 is 4.79 Å². The smallest absolute Gasteiger partial charge is 0.219 e. The van der Waals surface area contributed by atoms with E-state index in [1.165, 1.54) is 0 Å². The third-order valence-corrected chi connectivity index (χ3v) is 7.09. The lowest BCUT2D eigenvalue weighted by Crippen LogP contribution is -2.46. The molecule has 0 spiro atoms. The van der Waals surface area contributed by atoms with E-state index in [0.717, 1.165) is 78.2 Å². The second-order valence-electron chi connectivity index (χ2n) is 8.88. The largest absolute Gasteiger partial charge is 0.352 e. The number of halogens is 2. The summed E-state index contributed by atoms with van der Waals surface area (Å²) in [6, 6.07) is 5.61. The lowest BCUT2D eigenvalue weighted by atomic mass is 10.1. The second kappa shape index (κ2) is 9.52. The first kappa shape index (κ1) is 23.1. The molecule has 8 nitrogen and oxygen atoms in total. The summed E-state index contributed by atoms with van der Waals surface area (Å²) in [5.74, 6) is 0.957. The van der Waals surface area contributed by atoms with Crippen LogP contribution < -0.4 is 4.90 Å². The Hall–Kier alpha value is -2.68. The van der Waals surface area contributed by atoms with Crippen LogP contribution >= 0.6 is 23.2 Å². The van der Waals surface area contributed by atoms with Gasteiger partial charge in [0.05, 0.1) is 24.1 Å². The highest BCUT2D eigenvalue weighted by Gasteiger charge is 2.27. The van der Waals surface area contributed by atoms with Crippen molar-refractivity contribution in [2.75, 3.05) is 37.6 Å². The number of amides is 1. The molecular weight excluding hydrogens is 473 g/mol. The highest BCUT2D eigenvalue weighted by atomic mass is 35.5. The van der Waals surface area contributed by atoms with Crippen molar-refractivity contribution in [2.45, 2.75) is 26.4 Å². The van der Waals surface area contributed by atoms with Crippen molar-refractivity contribution in [2.24, 2.45) is 7.05 Å². The van der Waals surface area contributed by atoms with Gasteiger partial charge in [-0.3, -0.25) is 14.4 Å². The maximum absolute atomic E-state index is 11.9. The molecule has 1 amide bonds. The summed E-state index contributed by atoms with van der Waals surface area (Å²) in [4.78, 5) is 28.5. The predicted octanol–water partition coefficient (Wildman–Crippen LogP) is 3.41. The molecule has 4 heterocycles. The number of piperazine rings is 1. The van der Waals surface area contributed by atoms with E-state index in [0.29, 0.717) is 18.1 Å². The van der Waals surface area contributed by atoms with E-state index < -0.39 is 0 Å². The Bertz CT molecular complexity index is 1220. The quantitative estimate of drug-likeness (QED) is 0.547. The lowest BCUT2D eigenvalue weighted by Gasteiger charge is -2.37. The number of carbonyl (C=O) groups is 1. The molecule has 2 aliphatic rings. The van der Waals surface area contributed by atoms with Gasteiger partial charge in [0.25, 0.3) is 0 Å². The average Bonchev–Trinajstić information content (AvgIpc) is 3.27. The molecule has 5 rings (SSSR count). The monoisotopic (exact) mass is 499 g/mol. The Balaban J connectivity index is 1.39. The summed E-state index contributed by atoms with van der Waals surface area (Å²) in [6.07, 6.45) is 4.50. The molecule has 178 valence electrons. The van der Waals surface area contributed by atoms with E-state index in [4.69, 9.17) is 33.2 Å². The molecule has 3 aromatic rings. The second-order valence-corrected chi connectivity index (χ2v) is 9.73. The third kappa shape index (κ3) is 4.76. The van der Waals surface area contributed by atoms with Gasteiger partial charge in [0, 0.05) is 81.5 Å². The zero-order valence-corrected chi connectivity index (χ0v) is 20.9. The minimum Gasteiger partial charge on any atom is -0.352 e. The Morgan fingerprint density at radius 2 is 1.85 bits per heavy atom. The number of hydrogen-bond acceptors (Lipinski definition) is 6. The Morgan fingerprint density at radius 1 is 1.06 bits per heavy atom. The Morgan fingerprint density at radius 3 is 2.56 bits per heavy atom. The number of aromatic nitrogens is 4. The molecular formula is C24H27Cl2N7O. The van der Waals surface area contributed by atoms with Crippen LogP contribution in [0.15, 0.2) is 30.6 Å². The van der Waals surface area contributed by atoms with Crippen LogP contribution in [-0.2, 0) is 31.4 Å². The minimum absolute atomic E-state index is 0.0652. The lowest BCUT2D eigenvalue weighted by molar-refractivity contribution is -0.129. The first-order valence-electron chi connectivity index (χ1n) is 11.4. The fraction of sp³-hybridized carbons (Fsp3) is 0.417. The van der Waals surface area contributed by atoms with Crippen molar-refractivity contribution in [3.8, 4) is 11.3 Å². The van der Waals surface area contributed by atoms with Gasteiger partial charge in [-0.05, 0) is 23.8 Å². The zero-order chi connectivity index (χ0) is 23.8. The maximum atomic E-state index is 11.9. The van der Waals surface area contributed by atoms with Gasteiger partial charge in [-0.2, -0.15) is 5.10 Å². The number of benzene rings is 1. The molecule has 10 heteroatoms. The minimum atomic E-state index is 0.0652. The summed E-state index contributed by atoms with van der Waals surface area (Å²) in [5.41, 5.74) is 4.65. The SMILES string of the molecule is CC(=O)N1CCc2nc(N3CCN(Cc4cc(Cl)ccc4Cl)CC3)c(-c3cnn(C)c3)nc2C1. The van der Waals surface area contributed by atoms with E-state index in [-0.39, 0.29) is 5.91 Å². The normalized spacial score (nSPS) is 16.6. The van der Waals surface area contributed by atoms with Crippen molar-refractivity contribution in [1.29, 1.82) is 0 Å². The highest BCUT2D eigenvalue weighted by molar-refractivity contribution is 6.33. The van der Waals surface area contributed by atoms with Gasteiger partial charge in [0.2, 0.25) is 5.91 Å². The van der Waals surface area contributed by atoms with Crippen LogP contribution in [0.3, 0.4) is 0 Å². The molecule has 1 aromatic carbocycles. The number of hydrogen-bond donors (Lipinski definition) is 0. The van der Waals surface area contributed by atoms with Crippen LogP contribution in [0.2, 0.25) is 10.0 Å². The van der Waals surface area contributed by atoms with Crippen LogP contribution in [0.5, 0.6) is 0 Å². The van der Waals surface area contributed by atoms with Crippen molar-refractivity contribution in [3.05, 3.63) is 57.6 Å². The molecule has 34 heavy (non-hydrogen) atoms. The van der Waals surface area contributed by atoms with Crippen LogP contribution in [0, 0.1) is 0 Å². The van der Waals surface area contributed by atoms with Gasteiger partial charge < -0.3 is 9.80 Å². The standard InChI is InChI=1S/C24H27Cl2N7O/c1-16(34)33-6-5-21-22(15-33)28-23(18-12-27-30(2)13-18)24(29-21)32-9-7-31(8-10-32)14-17-11-19(25)3-4-20(17)26/h3-4,11-13H,5-10,14-15H2,1-2H3. The summed E-state index contributed by atoms with van der Waals surface area (Å²) >= 11 is 12.6. The molecule has 0 atom stereocenters. The molecule has 1 saturated heterocycles. The summed E-state index contributed by atoms with van der Waals surface area (Å²) in [5, 5.41) is 5.79. The van der Waals surface area contributed by atoms with Crippen molar-refractivity contribution in [3.63, 3.8) is 0 Å². The summed E-state index contributed by atoms with van der Waals surface area (Å²) in [6.45, 7) is 6.97. The van der Waals surface area contributed by atoms with Crippen molar-refractivity contribution in [1.82, 2.24) is 29.5 Å². The number of carbonyl (C=O) groups excluding carboxylic acids is 1. The topological polar surface area (TPSA) is 70.4 Å². The molecule has 0 radical (unpaired) electrons. The van der Waals surface area contributed by atoms with E-state index >= 15 is 0 Å². The number of rotatable bonds is 4. The van der Waals surface area contributed by atoms with Gasteiger partial charge in [0.15, 0.2) is 5.82 Å². The fourth-order valence-electron chi connectivity index (χ4n) is 4.57. The van der Waals surface area contributed by atoms with E-state index in [1.54, 1.807) is 11.6 Å². The Kier molecular flexibility index (Phi) is 6.46. The van der Waals surface area contributed by atoms with Gasteiger partial charge in [-0.1, -0.05) is 23.2 Å². The van der Waals surface area contributed by atoms with Gasteiger partial charge in [-0.15, -0.1) is 0 Å². The van der Waals surface area contributed by atoms with E-state index in [1.807, 2.05) is 42.5 Å². The molecule has 0 aliphatic carbocycles. The summed E-state index contributed by atoms with van der Waals surface area (Å²) < 4.78 is 1.77. The highest BCUT2D eigenvalue weighted by Crippen LogP contribution is 2.31. The molecule has 0 unspecified atom stereocenters.